The number of aryl methyl sites for hydroxylation is 2. The molecule has 1 aliphatic rings. The Hall–Kier alpha value is -2.95. The minimum absolute atomic E-state index is 0.0371. The van der Waals surface area contributed by atoms with Crippen molar-refractivity contribution in [3.63, 3.8) is 0 Å². The van der Waals surface area contributed by atoms with Gasteiger partial charge in [-0.25, -0.2) is 0 Å². The number of unbranched alkanes of at least 4 members (excludes halogenated alkanes) is 3. The number of nitrogens with zero attached hydrogens (tertiary/aromatic N) is 3. The maximum Gasteiger partial charge on any atom is 0.254 e. The number of hydrogen-bond acceptors (Lipinski definition) is 4. The highest BCUT2D eigenvalue weighted by Crippen LogP contribution is 2.33. The predicted molar refractivity (Wildman–Crippen MR) is 122 cm³/mol. The van der Waals surface area contributed by atoms with Gasteiger partial charge in [-0.05, 0) is 50.3 Å². The van der Waals surface area contributed by atoms with E-state index in [0.717, 1.165) is 30.4 Å². The van der Waals surface area contributed by atoms with Gasteiger partial charge in [-0.2, -0.15) is 4.98 Å². The molecule has 5 nitrogen and oxygen atoms in total. The minimum Gasteiger partial charge on any atom is -0.337 e. The Balaban J connectivity index is 1.43. The number of carbonyl (C=O) groups excluding carboxylic acids is 1. The fourth-order valence-electron chi connectivity index (χ4n) is 4.19. The lowest BCUT2D eigenvalue weighted by atomic mass is 10.0. The molecule has 1 atom stereocenters. The average molecular weight is 418 g/mol. The summed E-state index contributed by atoms with van der Waals surface area (Å²) in [5.41, 5.74) is 4.13. The van der Waals surface area contributed by atoms with Crippen LogP contribution in [0.5, 0.6) is 0 Å². The van der Waals surface area contributed by atoms with E-state index in [2.05, 4.69) is 29.2 Å². The van der Waals surface area contributed by atoms with Gasteiger partial charge in [0.05, 0.1) is 0 Å². The summed E-state index contributed by atoms with van der Waals surface area (Å²) in [5.74, 6) is 1.13. The normalized spacial score (nSPS) is 16.1. The first-order chi connectivity index (χ1) is 15.2. The molecule has 0 N–H and O–H groups in total. The standard InChI is InChI=1S/C26H31N3O2/c1-3-4-5-6-8-20-12-16-22(17-13-20)26(30)29-18-7-9-23(29)25-27-24(28-31-25)21-14-10-19(2)11-15-21/h10-17,23H,3-9,18H2,1-2H3/t23-/m1/s1. The molecular weight excluding hydrogens is 386 g/mol. The molecular formula is C26H31N3O2. The minimum atomic E-state index is -0.159. The molecule has 162 valence electrons. The predicted octanol–water partition coefficient (Wildman–Crippen LogP) is 6.15. The average Bonchev–Trinajstić information content (AvgIpc) is 3.47. The molecule has 1 aromatic heterocycles. The highest BCUT2D eigenvalue weighted by atomic mass is 16.5. The summed E-state index contributed by atoms with van der Waals surface area (Å²) in [6, 6.07) is 16.0. The summed E-state index contributed by atoms with van der Waals surface area (Å²) in [6.07, 6.45) is 7.86. The molecule has 1 aliphatic heterocycles. The van der Waals surface area contributed by atoms with Gasteiger partial charge in [0.1, 0.15) is 6.04 Å². The zero-order valence-electron chi connectivity index (χ0n) is 18.5. The van der Waals surface area contributed by atoms with E-state index in [1.165, 1.54) is 36.8 Å². The molecule has 0 bridgehead atoms. The molecule has 3 aromatic rings. The molecule has 5 heteroatoms. The lowest BCUT2D eigenvalue weighted by Crippen LogP contribution is -2.30. The Morgan fingerprint density at radius 3 is 2.58 bits per heavy atom. The molecule has 1 amide bonds. The molecule has 2 aromatic carbocycles. The van der Waals surface area contributed by atoms with Gasteiger partial charge in [-0.15, -0.1) is 0 Å². The maximum absolute atomic E-state index is 13.2. The Labute approximate surface area is 184 Å². The number of amides is 1. The SMILES string of the molecule is CCCCCCc1ccc(C(=O)N2CCC[C@@H]2c2nc(-c3ccc(C)cc3)no2)cc1. The number of hydrogen-bond donors (Lipinski definition) is 0. The van der Waals surface area contributed by atoms with Crippen molar-refractivity contribution in [2.45, 2.75) is 64.8 Å². The second-order valence-electron chi connectivity index (χ2n) is 8.49. The van der Waals surface area contributed by atoms with Crippen LogP contribution in [0.15, 0.2) is 53.1 Å². The van der Waals surface area contributed by atoms with Crippen molar-refractivity contribution in [3.8, 4) is 11.4 Å². The van der Waals surface area contributed by atoms with Crippen LogP contribution in [-0.4, -0.2) is 27.5 Å². The molecule has 0 unspecified atom stereocenters. The molecule has 0 radical (unpaired) electrons. The second kappa shape index (κ2) is 9.90. The lowest BCUT2D eigenvalue weighted by Gasteiger charge is -2.22. The van der Waals surface area contributed by atoms with Gasteiger partial charge in [0, 0.05) is 17.7 Å². The molecule has 0 saturated carbocycles. The van der Waals surface area contributed by atoms with Crippen LogP contribution < -0.4 is 0 Å². The first-order valence-corrected chi connectivity index (χ1v) is 11.5. The first kappa shape index (κ1) is 21.3. The molecule has 31 heavy (non-hydrogen) atoms. The molecule has 1 fully saturated rings. The van der Waals surface area contributed by atoms with Gasteiger partial charge >= 0.3 is 0 Å². The van der Waals surface area contributed by atoms with Crippen molar-refractivity contribution in [2.24, 2.45) is 0 Å². The van der Waals surface area contributed by atoms with Gasteiger partial charge in [-0.3, -0.25) is 4.79 Å². The van der Waals surface area contributed by atoms with E-state index in [9.17, 15) is 4.79 Å². The Morgan fingerprint density at radius 2 is 1.84 bits per heavy atom. The van der Waals surface area contributed by atoms with Crippen LogP contribution in [0.4, 0.5) is 0 Å². The van der Waals surface area contributed by atoms with E-state index in [0.29, 0.717) is 18.3 Å². The van der Waals surface area contributed by atoms with Crippen LogP contribution in [-0.2, 0) is 6.42 Å². The summed E-state index contributed by atoms with van der Waals surface area (Å²) in [5, 5.41) is 4.16. The topological polar surface area (TPSA) is 59.2 Å². The third-order valence-corrected chi connectivity index (χ3v) is 6.07. The number of aromatic nitrogens is 2. The second-order valence-corrected chi connectivity index (χ2v) is 8.49. The monoisotopic (exact) mass is 417 g/mol. The Bertz CT molecular complexity index is 992. The Morgan fingerprint density at radius 1 is 1.06 bits per heavy atom. The van der Waals surface area contributed by atoms with E-state index in [1.54, 1.807) is 0 Å². The lowest BCUT2D eigenvalue weighted by molar-refractivity contribution is 0.0710. The third-order valence-electron chi connectivity index (χ3n) is 6.07. The molecule has 0 aliphatic carbocycles. The van der Waals surface area contributed by atoms with Gasteiger partial charge in [0.25, 0.3) is 5.91 Å². The van der Waals surface area contributed by atoms with Crippen LogP contribution in [0.1, 0.15) is 78.9 Å². The van der Waals surface area contributed by atoms with E-state index in [4.69, 9.17) is 4.52 Å². The van der Waals surface area contributed by atoms with Gasteiger partial charge in [-0.1, -0.05) is 73.3 Å². The summed E-state index contributed by atoms with van der Waals surface area (Å²) in [6.45, 7) is 4.99. The maximum atomic E-state index is 13.2. The fourth-order valence-corrected chi connectivity index (χ4v) is 4.19. The highest BCUT2D eigenvalue weighted by molar-refractivity contribution is 5.94. The number of likely N-dealkylation sites (tertiary alicyclic amines) is 1. The van der Waals surface area contributed by atoms with Crippen LogP contribution in [0.2, 0.25) is 0 Å². The van der Waals surface area contributed by atoms with Crippen molar-refractivity contribution < 1.29 is 9.32 Å². The molecule has 1 saturated heterocycles. The summed E-state index contributed by atoms with van der Waals surface area (Å²) < 4.78 is 5.58. The van der Waals surface area contributed by atoms with Gasteiger partial charge < -0.3 is 9.42 Å². The number of benzene rings is 2. The van der Waals surface area contributed by atoms with Crippen molar-refractivity contribution in [1.82, 2.24) is 15.0 Å². The quantitative estimate of drug-likeness (QED) is 0.413. The van der Waals surface area contributed by atoms with Crippen molar-refractivity contribution in [2.75, 3.05) is 6.54 Å². The number of carbonyl (C=O) groups is 1. The van der Waals surface area contributed by atoms with Gasteiger partial charge in [0.15, 0.2) is 0 Å². The molecule has 4 rings (SSSR count). The van der Waals surface area contributed by atoms with Crippen molar-refractivity contribution >= 4 is 5.91 Å². The molecule has 0 spiro atoms. The van der Waals surface area contributed by atoms with Crippen LogP contribution in [0.3, 0.4) is 0 Å². The largest absolute Gasteiger partial charge is 0.337 e. The first-order valence-electron chi connectivity index (χ1n) is 11.5. The zero-order chi connectivity index (χ0) is 21.6. The van der Waals surface area contributed by atoms with Crippen molar-refractivity contribution in [1.29, 1.82) is 0 Å². The summed E-state index contributed by atoms with van der Waals surface area (Å²) in [4.78, 5) is 19.7. The number of rotatable bonds is 8. The zero-order valence-corrected chi connectivity index (χ0v) is 18.5. The van der Waals surface area contributed by atoms with Crippen molar-refractivity contribution in [3.05, 3.63) is 71.1 Å². The Kier molecular flexibility index (Phi) is 6.80. The third kappa shape index (κ3) is 5.04. The highest BCUT2D eigenvalue weighted by Gasteiger charge is 2.34. The fraction of sp³-hybridized carbons (Fsp3) is 0.423. The van der Waals surface area contributed by atoms with E-state index in [1.807, 2.05) is 48.2 Å². The summed E-state index contributed by atoms with van der Waals surface area (Å²) >= 11 is 0. The van der Waals surface area contributed by atoms with E-state index < -0.39 is 0 Å². The summed E-state index contributed by atoms with van der Waals surface area (Å²) in [7, 11) is 0. The van der Waals surface area contributed by atoms with Crippen LogP contribution in [0, 0.1) is 6.92 Å². The molecule has 2 heterocycles. The smallest absolute Gasteiger partial charge is 0.254 e. The van der Waals surface area contributed by atoms with E-state index in [-0.39, 0.29) is 11.9 Å². The van der Waals surface area contributed by atoms with Gasteiger partial charge in [0.2, 0.25) is 11.7 Å². The van der Waals surface area contributed by atoms with Crippen LogP contribution in [0.25, 0.3) is 11.4 Å². The van der Waals surface area contributed by atoms with E-state index >= 15 is 0 Å². The van der Waals surface area contributed by atoms with Crippen LogP contribution >= 0.6 is 0 Å².